The maximum Gasteiger partial charge on any atom is 0.329 e. The van der Waals surface area contributed by atoms with Crippen LogP contribution in [0.5, 0.6) is 0 Å². The standard InChI is InChI=1S/C23H32N4O4S4/c1-5-34-35-9-7-6-8-15-10-17(28)24-11-18-25-16(12-32-18)20-27-23(4,13-33-20)22(30)26-19(14(2)3)21(29)31-15/h6,8,12,14-15,19H,5,7,9-11,13H2,1-4H3,(H,24,28)(H,26,30)/b8-6+/t15-,19?,23+/m1/s1. The van der Waals surface area contributed by atoms with E-state index in [2.05, 4.69) is 27.5 Å². The molecule has 3 atom stereocenters. The van der Waals surface area contributed by atoms with E-state index in [-0.39, 0.29) is 30.7 Å². The summed E-state index contributed by atoms with van der Waals surface area (Å²) in [7, 11) is 3.58. The van der Waals surface area contributed by atoms with Crippen LogP contribution in [0.3, 0.4) is 0 Å². The molecule has 2 aliphatic rings. The smallest absolute Gasteiger partial charge is 0.329 e. The topological polar surface area (TPSA) is 110 Å². The van der Waals surface area contributed by atoms with Crippen LogP contribution in [0.25, 0.3) is 0 Å². The lowest BCUT2D eigenvalue weighted by molar-refractivity contribution is -0.153. The molecule has 2 amide bonds. The molecule has 0 fully saturated rings. The molecule has 8 nitrogen and oxygen atoms in total. The summed E-state index contributed by atoms with van der Waals surface area (Å²) in [4.78, 5) is 48.2. The maximum atomic E-state index is 13.2. The van der Waals surface area contributed by atoms with E-state index in [0.29, 0.717) is 16.5 Å². The van der Waals surface area contributed by atoms with Crippen molar-refractivity contribution in [3.8, 4) is 0 Å². The van der Waals surface area contributed by atoms with E-state index in [1.165, 1.54) is 23.1 Å². The van der Waals surface area contributed by atoms with Crippen molar-refractivity contribution in [3.05, 3.63) is 28.2 Å². The molecule has 35 heavy (non-hydrogen) atoms. The monoisotopic (exact) mass is 556 g/mol. The van der Waals surface area contributed by atoms with Gasteiger partial charge in [-0.15, -0.1) is 23.1 Å². The number of aromatic nitrogens is 1. The van der Waals surface area contributed by atoms with Crippen molar-refractivity contribution >= 4 is 67.5 Å². The predicted molar refractivity (Wildman–Crippen MR) is 147 cm³/mol. The molecule has 12 heteroatoms. The fraction of sp³-hybridized carbons (Fsp3) is 0.609. The highest BCUT2D eigenvalue weighted by atomic mass is 33.1. The molecule has 2 aliphatic heterocycles. The van der Waals surface area contributed by atoms with Gasteiger partial charge < -0.3 is 15.4 Å². The number of fused-ring (bicyclic) bond motifs is 4. The van der Waals surface area contributed by atoms with Gasteiger partial charge in [0.05, 0.1) is 13.0 Å². The lowest BCUT2D eigenvalue weighted by atomic mass is 10.0. The normalized spacial score (nSPS) is 26.0. The number of allylic oxidation sites excluding steroid dienone is 1. The molecule has 1 aromatic rings. The Balaban J connectivity index is 1.83. The van der Waals surface area contributed by atoms with Crippen LogP contribution >= 0.6 is 44.7 Å². The molecular weight excluding hydrogens is 525 g/mol. The van der Waals surface area contributed by atoms with Crippen LogP contribution in [0.4, 0.5) is 0 Å². The number of thioether (sulfide) groups is 1. The van der Waals surface area contributed by atoms with E-state index in [0.717, 1.165) is 22.9 Å². The zero-order chi connectivity index (χ0) is 25.4. The fourth-order valence-electron chi connectivity index (χ4n) is 3.34. The third-order valence-corrected chi connectivity index (χ3v) is 9.96. The molecule has 0 aromatic carbocycles. The van der Waals surface area contributed by atoms with Crippen molar-refractivity contribution in [2.24, 2.45) is 10.9 Å². The Morgan fingerprint density at radius 2 is 2.11 bits per heavy atom. The molecular formula is C23H32N4O4S4. The minimum Gasteiger partial charge on any atom is -0.456 e. The summed E-state index contributed by atoms with van der Waals surface area (Å²) >= 11 is 2.90. The summed E-state index contributed by atoms with van der Waals surface area (Å²) < 4.78 is 5.75. The van der Waals surface area contributed by atoms with Crippen molar-refractivity contribution in [1.29, 1.82) is 0 Å². The van der Waals surface area contributed by atoms with Crippen LogP contribution in [-0.4, -0.2) is 62.8 Å². The van der Waals surface area contributed by atoms with Gasteiger partial charge in [0.1, 0.15) is 33.4 Å². The number of nitrogens with one attached hydrogen (secondary N) is 2. The van der Waals surface area contributed by atoms with Crippen molar-refractivity contribution < 1.29 is 19.1 Å². The minimum absolute atomic E-state index is 0.00361. The molecule has 3 heterocycles. The van der Waals surface area contributed by atoms with Gasteiger partial charge in [-0.05, 0) is 25.3 Å². The van der Waals surface area contributed by atoms with E-state index in [1.807, 2.05) is 25.3 Å². The zero-order valence-corrected chi connectivity index (χ0v) is 23.6. The van der Waals surface area contributed by atoms with Gasteiger partial charge in [-0.2, -0.15) is 0 Å². The van der Waals surface area contributed by atoms with Gasteiger partial charge in [-0.1, -0.05) is 48.4 Å². The number of cyclic esters (lactones) is 1. The van der Waals surface area contributed by atoms with Gasteiger partial charge in [0, 0.05) is 22.6 Å². The lowest BCUT2D eigenvalue weighted by Gasteiger charge is -2.27. The Kier molecular flexibility index (Phi) is 10.6. The first-order valence-electron chi connectivity index (χ1n) is 11.6. The van der Waals surface area contributed by atoms with Crippen LogP contribution in [0.2, 0.25) is 0 Å². The number of hydrogen-bond acceptors (Lipinski definition) is 10. The number of carbonyl (C=O) groups is 3. The number of esters is 1. The molecule has 4 bridgehead atoms. The molecule has 0 saturated carbocycles. The maximum absolute atomic E-state index is 13.2. The second-order valence-electron chi connectivity index (χ2n) is 8.70. The van der Waals surface area contributed by atoms with Crippen molar-refractivity contribution in [3.63, 3.8) is 0 Å². The first-order chi connectivity index (χ1) is 16.7. The first kappa shape index (κ1) is 28.1. The van der Waals surface area contributed by atoms with Gasteiger partial charge in [0.2, 0.25) is 11.8 Å². The molecule has 0 spiro atoms. The van der Waals surface area contributed by atoms with E-state index < -0.39 is 23.7 Å². The van der Waals surface area contributed by atoms with Gasteiger partial charge in [-0.3, -0.25) is 14.6 Å². The van der Waals surface area contributed by atoms with Crippen LogP contribution in [-0.2, 0) is 25.7 Å². The number of nitrogens with zero attached hydrogens (tertiary/aromatic N) is 2. The van der Waals surface area contributed by atoms with Crippen LogP contribution in [0.1, 0.15) is 51.2 Å². The molecule has 0 saturated heterocycles. The molecule has 192 valence electrons. The van der Waals surface area contributed by atoms with E-state index in [9.17, 15) is 14.4 Å². The molecule has 0 aliphatic carbocycles. The van der Waals surface area contributed by atoms with E-state index >= 15 is 0 Å². The fourth-order valence-corrected chi connectivity index (χ4v) is 6.92. The van der Waals surface area contributed by atoms with Gasteiger partial charge in [0.15, 0.2) is 0 Å². The second-order valence-corrected chi connectivity index (χ2v) is 13.5. The third kappa shape index (κ3) is 7.99. The lowest BCUT2D eigenvalue weighted by Crippen LogP contribution is -2.53. The number of aliphatic imine (C=N–C) groups is 1. The molecule has 3 rings (SSSR count). The average molecular weight is 557 g/mol. The van der Waals surface area contributed by atoms with Crippen LogP contribution < -0.4 is 10.6 Å². The third-order valence-electron chi connectivity index (χ3n) is 5.32. The Morgan fingerprint density at radius 3 is 2.86 bits per heavy atom. The summed E-state index contributed by atoms with van der Waals surface area (Å²) in [5, 5.41) is 9.05. The molecule has 2 N–H and O–H groups in total. The van der Waals surface area contributed by atoms with E-state index in [4.69, 9.17) is 4.74 Å². The van der Waals surface area contributed by atoms with Crippen molar-refractivity contribution in [1.82, 2.24) is 15.6 Å². The van der Waals surface area contributed by atoms with Gasteiger partial charge >= 0.3 is 5.97 Å². The van der Waals surface area contributed by atoms with Crippen molar-refractivity contribution in [2.75, 3.05) is 17.3 Å². The molecule has 1 unspecified atom stereocenters. The minimum atomic E-state index is -1.00. The summed E-state index contributed by atoms with van der Waals surface area (Å²) in [6.45, 7) is 7.85. The quantitative estimate of drug-likeness (QED) is 0.226. The average Bonchev–Trinajstić information content (AvgIpc) is 3.44. The Labute approximate surface area is 222 Å². The number of rotatable bonds is 7. The number of carbonyl (C=O) groups excluding carboxylic acids is 3. The van der Waals surface area contributed by atoms with Crippen LogP contribution in [0, 0.1) is 5.92 Å². The van der Waals surface area contributed by atoms with Crippen LogP contribution in [0.15, 0.2) is 22.5 Å². The van der Waals surface area contributed by atoms with Gasteiger partial charge in [-0.25, -0.2) is 9.78 Å². The Bertz CT molecular complexity index is 980. The summed E-state index contributed by atoms with van der Waals surface area (Å²) in [6.07, 6.45) is 3.78. The Morgan fingerprint density at radius 1 is 1.31 bits per heavy atom. The first-order valence-corrected chi connectivity index (χ1v) is 15.9. The number of thiazole rings is 1. The van der Waals surface area contributed by atoms with E-state index in [1.54, 1.807) is 34.6 Å². The van der Waals surface area contributed by atoms with Gasteiger partial charge in [0.25, 0.3) is 0 Å². The number of ether oxygens (including phenoxy) is 1. The summed E-state index contributed by atoms with van der Waals surface area (Å²) in [5.74, 6) is 1.11. The number of amides is 2. The highest BCUT2D eigenvalue weighted by molar-refractivity contribution is 8.76. The zero-order valence-electron chi connectivity index (χ0n) is 20.4. The number of hydrogen-bond donors (Lipinski definition) is 2. The second kappa shape index (κ2) is 13.2. The largest absolute Gasteiger partial charge is 0.456 e. The molecule has 1 aromatic heterocycles. The van der Waals surface area contributed by atoms with Crippen molar-refractivity contribution in [2.45, 2.75) is 64.8 Å². The SMILES string of the molecule is CCSSCC/C=C/[C@@H]1CC(=O)NCc2nc(cs2)C2=N[C@@](C)(CS2)C(=O)NC(C(C)C)C(=O)O1. The highest BCUT2D eigenvalue weighted by Gasteiger charge is 2.41. The Hall–Kier alpha value is -1.50. The highest BCUT2D eigenvalue weighted by Crippen LogP contribution is 2.32. The predicted octanol–water partition coefficient (Wildman–Crippen LogP) is 3.82. The summed E-state index contributed by atoms with van der Waals surface area (Å²) in [6, 6.07) is -0.849. The summed E-state index contributed by atoms with van der Waals surface area (Å²) in [5.41, 5.74) is -0.303. The molecule has 0 radical (unpaired) electrons.